The van der Waals surface area contributed by atoms with E-state index >= 15 is 0 Å². The number of hydrogen-bond acceptors (Lipinski definition) is 8. The zero-order valence-corrected chi connectivity index (χ0v) is 22.9. The molecule has 10 nitrogen and oxygen atoms in total. The molecule has 3 aromatic rings. The number of carbonyl (C=O) groups excluding carboxylic acids is 1. The van der Waals surface area contributed by atoms with E-state index in [9.17, 15) is 13.2 Å². The van der Waals surface area contributed by atoms with Crippen LogP contribution in [0.5, 0.6) is 17.2 Å². The lowest BCUT2D eigenvalue weighted by molar-refractivity contribution is -0.132. The van der Waals surface area contributed by atoms with Crippen molar-refractivity contribution in [3.8, 4) is 17.2 Å². The summed E-state index contributed by atoms with van der Waals surface area (Å²) < 4.78 is 54.4. The van der Waals surface area contributed by atoms with Gasteiger partial charge < -0.3 is 28.3 Å². The van der Waals surface area contributed by atoms with Crippen LogP contribution in [-0.2, 0) is 32.5 Å². The number of carbonyl (C=O) groups is 1. The van der Waals surface area contributed by atoms with Crippen LogP contribution in [0.3, 0.4) is 0 Å². The largest absolute Gasteiger partial charge is 0.497 e. The van der Waals surface area contributed by atoms with Crippen molar-refractivity contribution in [3.63, 3.8) is 0 Å². The molecule has 206 valence electrons. The summed E-state index contributed by atoms with van der Waals surface area (Å²) in [6.07, 6.45) is 2.04. The second-order valence-electron chi connectivity index (χ2n) is 8.34. The van der Waals surface area contributed by atoms with Gasteiger partial charge in [0.25, 0.3) is 0 Å². The molecule has 0 bridgehead atoms. The SMILES string of the molecule is COCCN(CC(=O)N(CCc1ccc(OC)c(OC)c1)Cc1ccco1)S(=O)(=O)c1ccc(OC)cc1. The third kappa shape index (κ3) is 7.50. The third-order valence-corrected chi connectivity index (χ3v) is 7.81. The Kier molecular flexibility index (Phi) is 10.6. The second kappa shape index (κ2) is 13.8. The van der Waals surface area contributed by atoms with Crippen LogP contribution in [0.4, 0.5) is 0 Å². The summed E-state index contributed by atoms with van der Waals surface area (Å²) in [5.74, 6) is 1.95. The molecule has 0 unspecified atom stereocenters. The maximum absolute atomic E-state index is 13.5. The molecule has 0 radical (unpaired) electrons. The van der Waals surface area contributed by atoms with E-state index in [1.807, 2.05) is 12.1 Å². The van der Waals surface area contributed by atoms with Crippen LogP contribution in [0.25, 0.3) is 0 Å². The van der Waals surface area contributed by atoms with Crippen molar-refractivity contribution in [2.75, 3.05) is 54.7 Å². The molecule has 1 aromatic heterocycles. The van der Waals surface area contributed by atoms with E-state index in [1.165, 1.54) is 32.6 Å². The van der Waals surface area contributed by atoms with E-state index in [4.69, 9.17) is 23.4 Å². The summed E-state index contributed by atoms with van der Waals surface area (Å²) >= 11 is 0. The van der Waals surface area contributed by atoms with Gasteiger partial charge in [0.1, 0.15) is 11.5 Å². The van der Waals surface area contributed by atoms with Gasteiger partial charge in [-0.3, -0.25) is 4.79 Å². The number of furan rings is 1. The molecule has 11 heteroatoms. The summed E-state index contributed by atoms with van der Waals surface area (Å²) in [5, 5.41) is 0. The highest BCUT2D eigenvalue weighted by Crippen LogP contribution is 2.28. The molecular formula is C27H34N2O8S. The number of nitrogens with zero attached hydrogens (tertiary/aromatic N) is 2. The summed E-state index contributed by atoms with van der Waals surface area (Å²) in [6, 6.07) is 15.1. The Morgan fingerprint density at radius 3 is 2.24 bits per heavy atom. The predicted octanol–water partition coefficient (Wildman–Crippen LogP) is 3.21. The van der Waals surface area contributed by atoms with Crippen LogP contribution < -0.4 is 14.2 Å². The Balaban J connectivity index is 1.82. The van der Waals surface area contributed by atoms with Crippen molar-refractivity contribution >= 4 is 15.9 Å². The molecule has 38 heavy (non-hydrogen) atoms. The second-order valence-corrected chi connectivity index (χ2v) is 10.3. The Morgan fingerprint density at radius 1 is 0.895 bits per heavy atom. The van der Waals surface area contributed by atoms with Crippen molar-refractivity contribution in [3.05, 3.63) is 72.2 Å². The zero-order valence-electron chi connectivity index (χ0n) is 22.1. The zero-order chi connectivity index (χ0) is 27.5. The van der Waals surface area contributed by atoms with Gasteiger partial charge in [-0.05, 0) is 60.5 Å². The molecule has 1 amide bonds. The molecule has 1 heterocycles. The molecule has 2 aromatic carbocycles. The van der Waals surface area contributed by atoms with Gasteiger partial charge in [0.2, 0.25) is 15.9 Å². The van der Waals surface area contributed by atoms with E-state index in [0.29, 0.717) is 36.0 Å². The summed E-state index contributed by atoms with van der Waals surface area (Å²) in [4.78, 5) is 15.2. The van der Waals surface area contributed by atoms with Gasteiger partial charge in [-0.15, -0.1) is 0 Å². The number of methoxy groups -OCH3 is 4. The number of amides is 1. The van der Waals surface area contributed by atoms with Gasteiger partial charge in [0.15, 0.2) is 11.5 Å². The topological polar surface area (TPSA) is 108 Å². The molecule has 0 spiro atoms. The van der Waals surface area contributed by atoms with Crippen LogP contribution in [0.1, 0.15) is 11.3 Å². The third-order valence-electron chi connectivity index (χ3n) is 5.95. The first-order valence-electron chi connectivity index (χ1n) is 12.0. The van der Waals surface area contributed by atoms with Crippen LogP contribution in [0, 0.1) is 0 Å². The Labute approximate surface area is 223 Å². The van der Waals surface area contributed by atoms with E-state index in [1.54, 1.807) is 49.5 Å². The fourth-order valence-corrected chi connectivity index (χ4v) is 5.18. The van der Waals surface area contributed by atoms with Crippen LogP contribution in [-0.4, -0.2) is 78.2 Å². The van der Waals surface area contributed by atoms with E-state index in [2.05, 4.69) is 0 Å². The minimum atomic E-state index is -3.98. The minimum absolute atomic E-state index is 0.0148. The molecule has 0 N–H and O–H groups in total. The van der Waals surface area contributed by atoms with E-state index < -0.39 is 10.0 Å². The highest BCUT2D eigenvalue weighted by molar-refractivity contribution is 7.89. The fraction of sp³-hybridized carbons (Fsp3) is 0.370. The summed E-state index contributed by atoms with van der Waals surface area (Å²) in [6.45, 7) is 0.313. The lowest BCUT2D eigenvalue weighted by atomic mass is 10.1. The standard InChI is InChI=1S/C27H34N2O8S/c1-33-17-15-29(38(31,32)24-10-8-22(34-2)9-11-24)20-27(30)28(19-23-6-5-16-37-23)14-13-21-7-12-25(35-3)26(18-21)36-4/h5-12,16,18H,13-15,17,19-20H2,1-4H3. The van der Waals surface area contributed by atoms with Crippen LogP contribution in [0.15, 0.2) is 70.2 Å². The Morgan fingerprint density at radius 2 is 1.63 bits per heavy atom. The van der Waals surface area contributed by atoms with Gasteiger partial charge in [-0.25, -0.2) is 8.42 Å². The van der Waals surface area contributed by atoms with E-state index in [0.717, 1.165) is 9.87 Å². The van der Waals surface area contributed by atoms with Gasteiger partial charge in [0, 0.05) is 20.2 Å². The minimum Gasteiger partial charge on any atom is -0.497 e. The summed E-state index contributed by atoms with van der Waals surface area (Å²) in [5.41, 5.74) is 0.932. The van der Waals surface area contributed by atoms with Crippen molar-refractivity contribution < 1.29 is 36.6 Å². The van der Waals surface area contributed by atoms with Crippen molar-refractivity contribution in [1.82, 2.24) is 9.21 Å². The van der Waals surface area contributed by atoms with Crippen molar-refractivity contribution in [2.24, 2.45) is 0 Å². The number of ether oxygens (including phenoxy) is 4. The average Bonchev–Trinajstić information content (AvgIpc) is 3.46. The molecule has 0 fully saturated rings. The highest BCUT2D eigenvalue weighted by Gasteiger charge is 2.29. The number of hydrogen-bond donors (Lipinski definition) is 0. The lowest BCUT2D eigenvalue weighted by Gasteiger charge is -2.27. The van der Waals surface area contributed by atoms with Gasteiger partial charge in [0.05, 0.1) is 52.2 Å². The molecule has 0 aliphatic heterocycles. The number of sulfonamides is 1. The quantitative estimate of drug-likeness (QED) is 0.286. The highest BCUT2D eigenvalue weighted by atomic mass is 32.2. The van der Waals surface area contributed by atoms with E-state index in [-0.39, 0.29) is 37.0 Å². The van der Waals surface area contributed by atoms with Gasteiger partial charge in [-0.2, -0.15) is 4.31 Å². The molecule has 3 rings (SSSR count). The summed E-state index contributed by atoms with van der Waals surface area (Å²) in [7, 11) is 2.13. The van der Waals surface area contributed by atoms with Crippen molar-refractivity contribution in [2.45, 2.75) is 17.9 Å². The monoisotopic (exact) mass is 546 g/mol. The van der Waals surface area contributed by atoms with Crippen molar-refractivity contribution in [1.29, 1.82) is 0 Å². The molecule has 0 aliphatic rings. The first kappa shape index (κ1) is 29.0. The number of benzene rings is 2. The molecule has 0 saturated carbocycles. The predicted molar refractivity (Wildman–Crippen MR) is 141 cm³/mol. The van der Waals surface area contributed by atoms with Crippen LogP contribution in [0.2, 0.25) is 0 Å². The maximum atomic E-state index is 13.5. The number of rotatable bonds is 15. The first-order valence-corrected chi connectivity index (χ1v) is 13.4. The van der Waals surface area contributed by atoms with Crippen LogP contribution >= 0.6 is 0 Å². The normalized spacial score (nSPS) is 11.4. The lowest BCUT2D eigenvalue weighted by Crippen LogP contribution is -2.44. The molecule has 0 aliphatic carbocycles. The Bertz CT molecular complexity index is 1260. The maximum Gasteiger partial charge on any atom is 0.243 e. The average molecular weight is 547 g/mol. The molecule has 0 atom stereocenters. The fourth-order valence-electron chi connectivity index (χ4n) is 3.81. The van der Waals surface area contributed by atoms with Gasteiger partial charge in [-0.1, -0.05) is 6.07 Å². The smallest absolute Gasteiger partial charge is 0.243 e. The Hall–Kier alpha value is -3.54. The first-order chi connectivity index (χ1) is 18.3. The van der Waals surface area contributed by atoms with Gasteiger partial charge >= 0.3 is 0 Å². The molecular weight excluding hydrogens is 512 g/mol. The molecule has 0 saturated heterocycles.